The van der Waals surface area contributed by atoms with Gasteiger partial charge < -0.3 is 4.74 Å². The first-order chi connectivity index (χ1) is 6.24. The van der Waals surface area contributed by atoms with Gasteiger partial charge in [0.25, 0.3) is 0 Å². The zero-order valence-electron chi connectivity index (χ0n) is 7.66. The SMILES string of the molecule is C=C[C@H](C)COc1ccccc1Br. The van der Waals surface area contributed by atoms with E-state index in [1.54, 1.807) is 0 Å². The maximum Gasteiger partial charge on any atom is 0.133 e. The summed E-state index contributed by atoms with van der Waals surface area (Å²) in [5, 5.41) is 0. The molecule has 13 heavy (non-hydrogen) atoms. The van der Waals surface area contributed by atoms with Crippen molar-refractivity contribution in [1.29, 1.82) is 0 Å². The molecule has 1 aromatic carbocycles. The van der Waals surface area contributed by atoms with Crippen LogP contribution in [0.2, 0.25) is 0 Å². The smallest absolute Gasteiger partial charge is 0.133 e. The Morgan fingerprint density at radius 1 is 1.54 bits per heavy atom. The third kappa shape index (κ3) is 3.23. The van der Waals surface area contributed by atoms with E-state index in [2.05, 4.69) is 29.4 Å². The van der Waals surface area contributed by atoms with Crippen molar-refractivity contribution in [3.05, 3.63) is 41.4 Å². The van der Waals surface area contributed by atoms with Gasteiger partial charge in [-0.1, -0.05) is 25.1 Å². The summed E-state index contributed by atoms with van der Waals surface area (Å²) in [5.74, 6) is 1.27. The highest BCUT2D eigenvalue weighted by Crippen LogP contribution is 2.24. The quantitative estimate of drug-likeness (QED) is 0.731. The van der Waals surface area contributed by atoms with Gasteiger partial charge in [0.15, 0.2) is 0 Å². The first kappa shape index (κ1) is 10.3. The summed E-state index contributed by atoms with van der Waals surface area (Å²) in [6.45, 7) is 6.45. The van der Waals surface area contributed by atoms with Gasteiger partial charge in [-0.05, 0) is 28.1 Å². The minimum Gasteiger partial charge on any atom is -0.492 e. The van der Waals surface area contributed by atoms with Crippen LogP contribution in [0.3, 0.4) is 0 Å². The van der Waals surface area contributed by atoms with Gasteiger partial charge >= 0.3 is 0 Å². The van der Waals surface area contributed by atoms with Crippen molar-refractivity contribution in [3.8, 4) is 5.75 Å². The summed E-state index contributed by atoms with van der Waals surface area (Å²) in [4.78, 5) is 0. The van der Waals surface area contributed by atoms with Crippen molar-refractivity contribution in [2.24, 2.45) is 5.92 Å². The van der Waals surface area contributed by atoms with Crippen LogP contribution in [0, 0.1) is 5.92 Å². The fourth-order valence-corrected chi connectivity index (χ4v) is 1.25. The number of hydrogen-bond donors (Lipinski definition) is 0. The highest BCUT2D eigenvalue weighted by molar-refractivity contribution is 9.10. The molecule has 0 aromatic heterocycles. The largest absolute Gasteiger partial charge is 0.492 e. The van der Waals surface area contributed by atoms with Gasteiger partial charge in [-0.25, -0.2) is 0 Å². The fraction of sp³-hybridized carbons (Fsp3) is 0.273. The number of ether oxygens (including phenoxy) is 1. The Morgan fingerprint density at radius 2 is 2.23 bits per heavy atom. The van der Waals surface area contributed by atoms with Gasteiger partial charge in [-0.2, -0.15) is 0 Å². The second-order valence-electron chi connectivity index (χ2n) is 2.95. The van der Waals surface area contributed by atoms with Crippen molar-refractivity contribution < 1.29 is 4.74 Å². The topological polar surface area (TPSA) is 9.23 Å². The molecule has 1 aromatic rings. The lowest BCUT2D eigenvalue weighted by Gasteiger charge is -2.10. The summed E-state index contributed by atoms with van der Waals surface area (Å²) in [6, 6.07) is 7.83. The molecular formula is C11H13BrO. The second-order valence-corrected chi connectivity index (χ2v) is 3.81. The summed E-state index contributed by atoms with van der Waals surface area (Å²) in [5.41, 5.74) is 0. The van der Waals surface area contributed by atoms with Crippen LogP contribution in [0.15, 0.2) is 41.4 Å². The lowest BCUT2D eigenvalue weighted by atomic mass is 10.2. The zero-order chi connectivity index (χ0) is 9.68. The van der Waals surface area contributed by atoms with E-state index in [0.29, 0.717) is 12.5 Å². The molecule has 0 saturated heterocycles. The molecule has 0 bridgehead atoms. The van der Waals surface area contributed by atoms with Gasteiger partial charge in [-0.3, -0.25) is 0 Å². The van der Waals surface area contributed by atoms with E-state index in [-0.39, 0.29) is 0 Å². The van der Waals surface area contributed by atoms with Gasteiger partial charge in [0.05, 0.1) is 11.1 Å². The van der Waals surface area contributed by atoms with Crippen LogP contribution in [0.5, 0.6) is 5.75 Å². The third-order valence-corrected chi connectivity index (χ3v) is 2.40. The molecule has 70 valence electrons. The van der Waals surface area contributed by atoms with Crippen LogP contribution in [0.4, 0.5) is 0 Å². The predicted molar refractivity (Wildman–Crippen MR) is 59.0 cm³/mol. The zero-order valence-corrected chi connectivity index (χ0v) is 9.25. The average molecular weight is 241 g/mol. The monoisotopic (exact) mass is 240 g/mol. The van der Waals surface area contributed by atoms with Crippen molar-refractivity contribution in [3.63, 3.8) is 0 Å². The predicted octanol–water partition coefficient (Wildman–Crippen LogP) is 3.65. The van der Waals surface area contributed by atoms with Gasteiger partial charge in [0.2, 0.25) is 0 Å². The molecule has 0 heterocycles. The van der Waals surface area contributed by atoms with E-state index in [1.165, 1.54) is 0 Å². The molecule has 0 saturated carbocycles. The second kappa shape index (κ2) is 5.07. The Morgan fingerprint density at radius 3 is 2.85 bits per heavy atom. The summed E-state index contributed by atoms with van der Waals surface area (Å²) >= 11 is 3.42. The number of para-hydroxylation sites is 1. The van der Waals surface area contributed by atoms with Gasteiger partial charge in [0, 0.05) is 5.92 Å². The van der Waals surface area contributed by atoms with Crippen molar-refractivity contribution in [2.45, 2.75) is 6.92 Å². The van der Waals surface area contributed by atoms with Crippen LogP contribution in [-0.4, -0.2) is 6.61 Å². The van der Waals surface area contributed by atoms with E-state index in [9.17, 15) is 0 Å². The standard InChI is InChI=1S/C11H13BrO/c1-3-9(2)8-13-11-7-5-4-6-10(11)12/h3-7,9H,1,8H2,2H3/t9-/m0/s1. The molecule has 1 nitrogen and oxygen atoms in total. The van der Waals surface area contributed by atoms with Crippen LogP contribution < -0.4 is 4.74 Å². The lowest BCUT2D eigenvalue weighted by molar-refractivity contribution is 0.283. The Balaban J connectivity index is 2.54. The van der Waals surface area contributed by atoms with Crippen molar-refractivity contribution >= 4 is 15.9 Å². The maximum atomic E-state index is 5.57. The lowest BCUT2D eigenvalue weighted by Crippen LogP contribution is -2.05. The molecule has 0 aliphatic heterocycles. The summed E-state index contributed by atoms with van der Waals surface area (Å²) < 4.78 is 6.56. The summed E-state index contributed by atoms with van der Waals surface area (Å²) in [6.07, 6.45) is 1.89. The molecule has 0 N–H and O–H groups in total. The minimum atomic E-state index is 0.382. The first-order valence-electron chi connectivity index (χ1n) is 4.24. The number of halogens is 1. The molecule has 0 amide bonds. The van der Waals surface area contributed by atoms with Gasteiger partial charge in [-0.15, -0.1) is 6.58 Å². The molecule has 1 atom stereocenters. The summed E-state index contributed by atoms with van der Waals surface area (Å²) in [7, 11) is 0. The highest BCUT2D eigenvalue weighted by Gasteiger charge is 2.01. The molecule has 0 aliphatic rings. The molecule has 0 fully saturated rings. The Labute approximate surface area is 87.5 Å². The van der Waals surface area contributed by atoms with E-state index < -0.39 is 0 Å². The number of benzene rings is 1. The average Bonchev–Trinajstić information content (AvgIpc) is 2.16. The highest BCUT2D eigenvalue weighted by atomic mass is 79.9. The molecule has 0 radical (unpaired) electrons. The van der Waals surface area contributed by atoms with E-state index in [4.69, 9.17) is 4.74 Å². The fourth-order valence-electron chi connectivity index (χ4n) is 0.851. The van der Waals surface area contributed by atoms with Crippen molar-refractivity contribution in [1.82, 2.24) is 0 Å². The normalized spacial score (nSPS) is 12.2. The molecule has 1 rings (SSSR count). The third-order valence-electron chi connectivity index (χ3n) is 1.74. The maximum absolute atomic E-state index is 5.57. The number of rotatable bonds is 4. The van der Waals surface area contributed by atoms with E-state index in [1.807, 2.05) is 30.3 Å². The van der Waals surface area contributed by atoms with Crippen LogP contribution in [-0.2, 0) is 0 Å². The first-order valence-corrected chi connectivity index (χ1v) is 5.03. The Bertz CT molecular complexity index is 283. The van der Waals surface area contributed by atoms with Crippen LogP contribution in [0.25, 0.3) is 0 Å². The minimum absolute atomic E-state index is 0.382. The van der Waals surface area contributed by atoms with Crippen LogP contribution >= 0.6 is 15.9 Å². The van der Waals surface area contributed by atoms with Gasteiger partial charge in [0.1, 0.15) is 5.75 Å². The Hall–Kier alpha value is -0.760. The molecule has 0 aliphatic carbocycles. The molecular weight excluding hydrogens is 228 g/mol. The van der Waals surface area contributed by atoms with E-state index >= 15 is 0 Å². The van der Waals surface area contributed by atoms with E-state index in [0.717, 1.165) is 10.2 Å². The molecule has 0 spiro atoms. The van der Waals surface area contributed by atoms with Crippen LogP contribution in [0.1, 0.15) is 6.92 Å². The van der Waals surface area contributed by atoms with Crippen molar-refractivity contribution in [2.75, 3.05) is 6.61 Å². The molecule has 2 heteroatoms. The molecule has 0 unspecified atom stereocenters. The number of hydrogen-bond acceptors (Lipinski definition) is 1. The Kier molecular flexibility index (Phi) is 4.03.